The molecule has 2 aromatic heterocycles. The first-order valence-corrected chi connectivity index (χ1v) is 11.1. The molecular formula is C21H21N5OS2. The van der Waals surface area contributed by atoms with Crippen LogP contribution < -0.4 is 0 Å². The number of aryl methyl sites for hydroxylation is 1. The quantitative estimate of drug-likeness (QED) is 0.421. The summed E-state index contributed by atoms with van der Waals surface area (Å²) in [6.45, 7) is 3.13. The molecule has 148 valence electrons. The molecule has 0 unspecified atom stereocenters. The summed E-state index contributed by atoms with van der Waals surface area (Å²) in [5, 5.41) is 10.1. The fraction of sp³-hybridized carbons (Fsp3) is 0.238. The minimum absolute atomic E-state index is 0.0428. The van der Waals surface area contributed by atoms with Crippen molar-refractivity contribution >= 4 is 39.2 Å². The zero-order valence-electron chi connectivity index (χ0n) is 16.3. The molecule has 0 N–H and O–H groups in total. The number of fused-ring (bicyclic) bond motifs is 1. The maximum atomic E-state index is 12.6. The number of hydrogen-bond acceptors (Lipinski definition) is 6. The summed E-state index contributed by atoms with van der Waals surface area (Å²) in [6, 6.07) is 18.2. The first kappa shape index (κ1) is 19.6. The van der Waals surface area contributed by atoms with Gasteiger partial charge in [-0.2, -0.15) is 0 Å². The van der Waals surface area contributed by atoms with Crippen molar-refractivity contribution in [3.63, 3.8) is 0 Å². The topological polar surface area (TPSA) is 63.9 Å². The summed E-state index contributed by atoms with van der Waals surface area (Å²) in [4.78, 5) is 19.0. The zero-order chi connectivity index (χ0) is 20.2. The van der Waals surface area contributed by atoms with E-state index in [0.717, 1.165) is 26.2 Å². The van der Waals surface area contributed by atoms with Crippen molar-refractivity contribution in [2.45, 2.75) is 25.2 Å². The van der Waals surface area contributed by atoms with Crippen LogP contribution in [0, 0.1) is 6.92 Å². The maximum Gasteiger partial charge on any atom is 0.233 e. The Labute approximate surface area is 177 Å². The van der Waals surface area contributed by atoms with Crippen molar-refractivity contribution < 1.29 is 4.79 Å². The zero-order valence-corrected chi connectivity index (χ0v) is 17.9. The van der Waals surface area contributed by atoms with Gasteiger partial charge in [0.2, 0.25) is 5.91 Å². The van der Waals surface area contributed by atoms with Crippen molar-refractivity contribution in [2.24, 2.45) is 0 Å². The molecular weight excluding hydrogens is 402 g/mol. The lowest BCUT2D eigenvalue weighted by molar-refractivity contribution is -0.127. The van der Waals surface area contributed by atoms with Gasteiger partial charge in [-0.1, -0.05) is 54.2 Å². The van der Waals surface area contributed by atoms with Gasteiger partial charge in [-0.3, -0.25) is 4.79 Å². The van der Waals surface area contributed by atoms with Gasteiger partial charge in [0.25, 0.3) is 0 Å². The second-order valence-electron chi connectivity index (χ2n) is 6.72. The highest BCUT2D eigenvalue weighted by atomic mass is 32.2. The largest absolute Gasteiger partial charge is 0.338 e. The summed E-state index contributed by atoms with van der Waals surface area (Å²) < 4.78 is 3.18. The van der Waals surface area contributed by atoms with Gasteiger partial charge in [0.05, 0.1) is 29.1 Å². The van der Waals surface area contributed by atoms with Crippen LogP contribution in [-0.2, 0) is 17.9 Å². The highest BCUT2D eigenvalue weighted by Gasteiger charge is 2.16. The van der Waals surface area contributed by atoms with Crippen LogP contribution in [0.1, 0.15) is 16.4 Å². The second-order valence-corrected chi connectivity index (χ2v) is 8.77. The third-order valence-electron chi connectivity index (χ3n) is 4.55. The molecule has 0 bridgehead atoms. The molecule has 4 aromatic rings. The van der Waals surface area contributed by atoms with Gasteiger partial charge in [0.1, 0.15) is 10.8 Å². The van der Waals surface area contributed by atoms with E-state index in [1.165, 1.54) is 17.3 Å². The molecule has 2 heterocycles. The molecule has 6 nitrogen and oxygen atoms in total. The van der Waals surface area contributed by atoms with Crippen LogP contribution in [0.4, 0.5) is 0 Å². The third-order valence-corrected chi connectivity index (χ3v) is 6.52. The van der Waals surface area contributed by atoms with Crippen molar-refractivity contribution in [1.82, 2.24) is 24.6 Å². The molecule has 8 heteroatoms. The first-order chi connectivity index (χ1) is 14.1. The van der Waals surface area contributed by atoms with Crippen molar-refractivity contribution in [2.75, 3.05) is 12.8 Å². The number of benzene rings is 2. The summed E-state index contributed by atoms with van der Waals surface area (Å²) in [7, 11) is 1.81. The average Bonchev–Trinajstić information content (AvgIpc) is 3.30. The van der Waals surface area contributed by atoms with Crippen LogP contribution >= 0.6 is 23.1 Å². The normalized spacial score (nSPS) is 11.1. The number of carbonyl (C=O) groups excluding carboxylic acids is 1. The molecule has 0 atom stereocenters. The number of para-hydroxylation sites is 1. The molecule has 0 radical (unpaired) electrons. The van der Waals surface area contributed by atoms with Crippen molar-refractivity contribution in [3.8, 4) is 0 Å². The Hall–Kier alpha value is -2.71. The maximum absolute atomic E-state index is 12.6. The highest BCUT2D eigenvalue weighted by molar-refractivity contribution is 7.99. The van der Waals surface area contributed by atoms with E-state index in [-0.39, 0.29) is 5.91 Å². The summed E-state index contributed by atoms with van der Waals surface area (Å²) in [5.41, 5.74) is 2.16. The lowest BCUT2D eigenvalue weighted by atomic mass is 10.2. The van der Waals surface area contributed by atoms with Gasteiger partial charge in [-0.15, -0.1) is 21.5 Å². The fourth-order valence-electron chi connectivity index (χ4n) is 2.93. The van der Waals surface area contributed by atoms with Crippen molar-refractivity contribution in [3.05, 3.63) is 71.0 Å². The Morgan fingerprint density at radius 1 is 1.10 bits per heavy atom. The van der Waals surface area contributed by atoms with E-state index in [4.69, 9.17) is 0 Å². The fourth-order valence-corrected chi connectivity index (χ4v) is 4.88. The van der Waals surface area contributed by atoms with Gasteiger partial charge < -0.3 is 9.47 Å². The molecule has 0 aliphatic carbocycles. The highest BCUT2D eigenvalue weighted by Crippen LogP contribution is 2.23. The SMILES string of the molecule is Cc1nnc(SCC(=O)N(C)Cc2nc3ccccc3s2)n1Cc1ccccc1. The lowest BCUT2D eigenvalue weighted by Gasteiger charge is -2.15. The van der Waals surface area contributed by atoms with E-state index < -0.39 is 0 Å². The second kappa shape index (κ2) is 8.75. The number of rotatable bonds is 7. The number of thiazole rings is 1. The van der Waals surface area contributed by atoms with E-state index in [1.807, 2.05) is 54.9 Å². The van der Waals surface area contributed by atoms with E-state index >= 15 is 0 Å². The van der Waals surface area contributed by atoms with E-state index in [0.29, 0.717) is 18.8 Å². The van der Waals surface area contributed by atoms with Gasteiger partial charge in [0.15, 0.2) is 5.16 Å². The number of aromatic nitrogens is 4. The third kappa shape index (κ3) is 4.65. The van der Waals surface area contributed by atoms with E-state index in [9.17, 15) is 4.79 Å². The van der Waals surface area contributed by atoms with Crippen LogP contribution in [0.3, 0.4) is 0 Å². The number of amides is 1. The molecule has 0 aliphatic heterocycles. The number of hydrogen-bond donors (Lipinski definition) is 0. The molecule has 0 saturated heterocycles. The minimum atomic E-state index is 0.0428. The van der Waals surface area contributed by atoms with Crippen LogP contribution in [0.15, 0.2) is 59.8 Å². The molecule has 29 heavy (non-hydrogen) atoms. The number of nitrogens with zero attached hydrogens (tertiary/aromatic N) is 5. The van der Waals surface area contributed by atoms with Gasteiger partial charge >= 0.3 is 0 Å². The Kier molecular flexibility index (Phi) is 5.92. The molecule has 0 aliphatic rings. The summed E-state index contributed by atoms with van der Waals surface area (Å²) >= 11 is 3.05. The van der Waals surface area contributed by atoms with Gasteiger partial charge in [-0.25, -0.2) is 4.98 Å². The monoisotopic (exact) mass is 423 g/mol. The minimum Gasteiger partial charge on any atom is -0.338 e. The summed E-state index contributed by atoms with van der Waals surface area (Å²) in [5.74, 6) is 1.20. The predicted octanol–water partition coefficient (Wildman–Crippen LogP) is 4.00. The van der Waals surface area contributed by atoms with Crippen LogP contribution in [0.2, 0.25) is 0 Å². The Morgan fingerprint density at radius 2 is 1.86 bits per heavy atom. The molecule has 0 spiro atoms. The summed E-state index contributed by atoms with van der Waals surface area (Å²) in [6.07, 6.45) is 0. The molecule has 0 fully saturated rings. The van der Waals surface area contributed by atoms with Crippen LogP contribution in [0.5, 0.6) is 0 Å². The Bertz CT molecular complexity index is 1090. The molecule has 2 aromatic carbocycles. The van der Waals surface area contributed by atoms with Gasteiger partial charge in [0, 0.05) is 7.05 Å². The number of thioether (sulfide) groups is 1. The average molecular weight is 424 g/mol. The van der Waals surface area contributed by atoms with Crippen LogP contribution in [0.25, 0.3) is 10.2 Å². The molecule has 1 amide bonds. The smallest absolute Gasteiger partial charge is 0.233 e. The number of carbonyl (C=O) groups is 1. The van der Waals surface area contributed by atoms with E-state index in [1.54, 1.807) is 16.2 Å². The predicted molar refractivity (Wildman–Crippen MR) is 117 cm³/mol. The van der Waals surface area contributed by atoms with Crippen LogP contribution in [-0.4, -0.2) is 43.4 Å². The standard InChI is InChI=1S/C21H21N5OS2/c1-15-23-24-21(26(15)12-16-8-4-3-5-9-16)28-14-20(27)25(2)13-19-22-17-10-6-7-11-18(17)29-19/h3-11H,12-14H2,1-2H3. The first-order valence-electron chi connectivity index (χ1n) is 9.25. The Balaban J connectivity index is 1.38. The van der Waals surface area contributed by atoms with Gasteiger partial charge in [-0.05, 0) is 24.6 Å². The Morgan fingerprint density at radius 3 is 2.66 bits per heavy atom. The molecule has 0 saturated carbocycles. The lowest BCUT2D eigenvalue weighted by Crippen LogP contribution is -2.27. The van der Waals surface area contributed by atoms with E-state index in [2.05, 4.69) is 33.4 Å². The van der Waals surface area contributed by atoms with Crippen molar-refractivity contribution in [1.29, 1.82) is 0 Å². The molecule has 4 rings (SSSR count).